The SMILES string of the molecule is COc1ccc(S(=O)(=O)N(C)C(C)C)cc1C=CC(=O)O. The van der Waals surface area contributed by atoms with Crippen LogP contribution >= 0.6 is 0 Å². The molecule has 0 unspecified atom stereocenters. The molecule has 0 fully saturated rings. The predicted molar refractivity (Wildman–Crippen MR) is 79.7 cm³/mol. The maximum absolute atomic E-state index is 12.4. The summed E-state index contributed by atoms with van der Waals surface area (Å²) in [6, 6.07) is 4.15. The second-order valence-electron chi connectivity index (χ2n) is 4.69. The summed E-state index contributed by atoms with van der Waals surface area (Å²) >= 11 is 0. The normalized spacial score (nSPS) is 12.3. The van der Waals surface area contributed by atoms with Gasteiger partial charge in [-0.25, -0.2) is 13.2 Å². The van der Waals surface area contributed by atoms with E-state index in [2.05, 4.69) is 0 Å². The van der Waals surface area contributed by atoms with Gasteiger partial charge in [-0.3, -0.25) is 0 Å². The maximum atomic E-state index is 12.4. The number of carboxylic acid groups (broad SMARTS) is 1. The van der Waals surface area contributed by atoms with Crippen LogP contribution in [-0.4, -0.2) is 44.0 Å². The highest BCUT2D eigenvalue weighted by Gasteiger charge is 2.23. The molecule has 0 saturated carbocycles. The minimum atomic E-state index is -3.63. The van der Waals surface area contributed by atoms with Gasteiger partial charge in [0.15, 0.2) is 0 Å². The monoisotopic (exact) mass is 313 g/mol. The van der Waals surface area contributed by atoms with Gasteiger partial charge in [0.25, 0.3) is 0 Å². The summed E-state index contributed by atoms with van der Waals surface area (Å²) in [5.41, 5.74) is 0.387. The van der Waals surface area contributed by atoms with Gasteiger partial charge < -0.3 is 9.84 Å². The van der Waals surface area contributed by atoms with Gasteiger partial charge in [0.05, 0.1) is 12.0 Å². The van der Waals surface area contributed by atoms with Crippen molar-refractivity contribution in [2.24, 2.45) is 0 Å². The first-order valence-electron chi connectivity index (χ1n) is 6.27. The average molecular weight is 313 g/mol. The summed E-state index contributed by atoms with van der Waals surface area (Å²) in [7, 11) is -0.698. The minimum absolute atomic E-state index is 0.0875. The molecule has 0 aliphatic rings. The van der Waals surface area contributed by atoms with Crippen molar-refractivity contribution in [1.29, 1.82) is 0 Å². The van der Waals surface area contributed by atoms with Gasteiger partial charge in [0.1, 0.15) is 5.75 Å². The van der Waals surface area contributed by atoms with E-state index >= 15 is 0 Å². The van der Waals surface area contributed by atoms with E-state index in [1.54, 1.807) is 13.8 Å². The van der Waals surface area contributed by atoms with Crippen molar-refractivity contribution in [3.8, 4) is 5.75 Å². The number of carbonyl (C=O) groups is 1. The molecule has 0 bridgehead atoms. The molecule has 0 spiro atoms. The molecule has 7 heteroatoms. The van der Waals surface area contributed by atoms with Crippen LogP contribution in [0.25, 0.3) is 6.08 Å². The Balaban J connectivity index is 3.34. The molecule has 0 amide bonds. The largest absolute Gasteiger partial charge is 0.496 e. The van der Waals surface area contributed by atoms with E-state index in [-0.39, 0.29) is 10.9 Å². The second kappa shape index (κ2) is 6.73. The molecule has 1 aromatic rings. The Labute approximate surface area is 124 Å². The second-order valence-corrected chi connectivity index (χ2v) is 6.69. The number of hydrogen-bond acceptors (Lipinski definition) is 4. The van der Waals surface area contributed by atoms with Crippen LogP contribution in [0.15, 0.2) is 29.2 Å². The third-order valence-electron chi connectivity index (χ3n) is 3.01. The Hall–Kier alpha value is -1.86. The van der Waals surface area contributed by atoms with Gasteiger partial charge >= 0.3 is 5.97 Å². The molecule has 1 aromatic carbocycles. The standard InChI is InChI=1S/C14H19NO5S/c1-10(2)15(3)21(18,19)12-6-7-13(20-4)11(9-12)5-8-14(16)17/h5-10H,1-4H3,(H,16,17). The van der Waals surface area contributed by atoms with Crippen LogP contribution < -0.4 is 4.74 Å². The lowest BCUT2D eigenvalue weighted by atomic mass is 10.2. The maximum Gasteiger partial charge on any atom is 0.328 e. The van der Waals surface area contributed by atoms with E-state index in [1.165, 1.54) is 42.7 Å². The Kier molecular flexibility index (Phi) is 5.51. The van der Waals surface area contributed by atoms with Crippen molar-refractivity contribution >= 4 is 22.1 Å². The molecule has 0 aliphatic heterocycles. The topological polar surface area (TPSA) is 83.9 Å². The Bertz CT molecular complexity index is 649. The van der Waals surface area contributed by atoms with Gasteiger partial charge in [-0.2, -0.15) is 4.31 Å². The zero-order valence-corrected chi connectivity index (χ0v) is 13.2. The lowest BCUT2D eigenvalue weighted by Crippen LogP contribution is -2.33. The molecular weight excluding hydrogens is 294 g/mol. The fourth-order valence-electron chi connectivity index (χ4n) is 1.61. The molecule has 0 radical (unpaired) electrons. The molecule has 1 rings (SSSR count). The van der Waals surface area contributed by atoms with Crippen molar-refractivity contribution in [3.63, 3.8) is 0 Å². The number of benzene rings is 1. The minimum Gasteiger partial charge on any atom is -0.496 e. The summed E-state index contributed by atoms with van der Waals surface area (Å²) in [5, 5.41) is 8.67. The van der Waals surface area contributed by atoms with Crippen molar-refractivity contribution in [2.45, 2.75) is 24.8 Å². The van der Waals surface area contributed by atoms with Gasteiger partial charge in [-0.05, 0) is 38.1 Å². The molecule has 1 N–H and O–H groups in total. The van der Waals surface area contributed by atoms with Crippen LogP contribution in [0.3, 0.4) is 0 Å². The average Bonchev–Trinajstić information content (AvgIpc) is 2.43. The van der Waals surface area contributed by atoms with Crippen LogP contribution in [0.1, 0.15) is 19.4 Å². The van der Waals surface area contributed by atoms with E-state index in [1.807, 2.05) is 0 Å². The molecule has 0 aliphatic carbocycles. The molecule has 116 valence electrons. The third-order valence-corrected chi connectivity index (χ3v) is 5.04. The first-order chi connectivity index (χ1) is 9.70. The number of nitrogens with zero attached hydrogens (tertiary/aromatic N) is 1. The van der Waals surface area contributed by atoms with Crippen LogP contribution in [-0.2, 0) is 14.8 Å². The quantitative estimate of drug-likeness (QED) is 0.810. The molecular formula is C14H19NO5S. The molecule has 21 heavy (non-hydrogen) atoms. The van der Waals surface area contributed by atoms with Crippen LogP contribution in [0.5, 0.6) is 5.75 Å². The number of methoxy groups -OCH3 is 1. The van der Waals surface area contributed by atoms with Crippen molar-refractivity contribution < 1.29 is 23.1 Å². The highest BCUT2D eigenvalue weighted by Crippen LogP contribution is 2.25. The fraction of sp³-hybridized carbons (Fsp3) is 0.357. The Morgan fingerprint density at radius 2 is 2.00 bits per heavy atom. The van der Waals surface area contributed by atoms with Crippen LogP contribution in [0.2, 0.25) is 0 Å². The van der Waals surface area contributed by atoms with Gasteiger partial charge in [0.2, 0.25) is 10.0 Å². The summed E-state index contributed by atoms with van der Waals surface area (Å²) in [4.78, 5) is 10.7. The number of carboxylic acids is 1. The van der Waals surface area contributed by atoms with E-state index < -0.39 is 16.0 Å². The van der Waals surface area contributed by atoms with Gasteiger partial charge in [-0.15, -0.1) is 0 Å². The predicted octanol–water partition coefficient (Wildman–Crippen LogP) is 1.82. The highest BCUT2D eigenvalue weighted by molar-refractivity contribution is 7.89. The Morgan fingerprint density at radius 1 is 1.38 bits per heavy atom. The number of aliphatic carboxylic acids is 1. The number of hydrogen-bond donors (Lipinski definition) is 1. The zero-order chi connectivity index (χ0) is 16.2. The van der Waals surface area contributed by atoms with E-state index in [0.717, 1.165) is 6.08 Å². The molecule has 0 heterocycles. The van der Waals surface area contributed by atoms with E-state index in [9.17, 15) is 13.2 Å². The highest BCUT2D eigenvalue weighted by atomic mass is 32.2. The number of sulfonamides is 1. The lowest BCUT2D eigenvalue weighted by molar-refractivity contribution is -0.131. The lowest BCUT2D eigenvalue weighted by Gasteiger charge is -2.21. The smallest absolute Gasteiger partial charge is 0.328 e. The Morgan fingerprint density at radius 3 is 2.48 bits per heavy atom. The number of rotatable bonds is 6. The van der Waals surface area contributed by atoms with Gasteiger partial charge in [0, 0.05) is 24.7 Å². The van der Waals surface area contributed by atoms with Crippen LogP contribution in [0, 0.1) is 0 Å². The first-order valence-corrected chi connectivity index (χ1v) is 7.71. The molecule has 0 atom stereocenters. The van der Waals surface area contributed by atoms with Gasteiger partial charge in [-0.1, -0.05) is 0 Å². The summed E-state index contributed by atoms with van der Waals surface area (Å²) in [6.45, 7) is 3.54. The summed E-state index contributed by atoms with van der Waals surface area (Å²) < 4.78 is 31.2. The molecule has 0 saturated heterocycles. The van der Waals surface area contributed by atoms with Crippen molar-refractivity contribution in [1.82, 2.24) is 4.31 Å². The summed E-state index contributed by atoms with van der Waals surface area (Å²) in [5.74, 6) is -0.719. The third kappa shape index (κ3) is 4.05. The summed E-state index contributed by atoms with van der Waals surface area (Å²) in [6.07, 6.45) is 2.23. The molecule has 0 aromatic heterocycles. The van der Waals surface area contributed by atoms with E-state index in [4.69, 9.17) is 9.84 Å². The van der Waals surface area contributed by atoms with Crippen molar-refractivity contribution in [3.05, 3.63) is 29.8 Å². The molecule has 6 nitrogen and oxygen atoms in total. The number of ether oxygens (including phenoxy) is 1. The van der Waals surface area contributed by atoms with Crippen molar-refractivity contribution in [2.75, 3.05) is 14.2 Å². The van der Waals surface area contributed by atoms with Crippen LogP contribution in [0.4, 0.5) is 0 Å². The fourth-order valence-corrected chi connectivity index (χ4v) is 3.01. The first kappa shape index (κ1) is 17.2. The van der Waals surface area contributed by atoms with E-state index in [0.29, 0.717) is 11.3 Å². The zero-order valence-electron chi connectivity index (χ0n) is 12.4.